The number of benzene rings is 2. The minimum absolute atomic E-state index is 0.106. The van der Waals surface area contributed by atoms with Crippen LogP contribution in [0.15, 0.2) is 83.2 Å². The van der Waals surface area contributed by atoms with Crippen molar-refractivity contribution in [2.75, 3.05) is 50.2 Å². The smallest absolute Gasteiger partial charge is 0.337 e. The van der Waals surface area contributed by atoms with Crippen molar-refractivity contribution in [1.29, 1.82) is 0 Å². The first-order valence-corrected chi connectivity index (χ1v) is 11.8. The molecule has 37 heavy (non-hydrogen) atoms. The van der Waals surface area contributed by atoms with E-state index >= 15 is 0 Å². The highest BCUT2D eigenvalue weighted by molar-refractivity contribution is 6.15. The van der Waals surface area contributed by atoms with Gasteiger partial charge < -0.3 is 29.9 Å². The summed E-state index contributed by atoms with van der Waals surface area (Å²) in [6.45, 7) is 0.897. The third kappa shape index (κ3) is 5.32. The Morgan fingerprint density at radius 2 is 1.08 bits per heavy atom. The molecule has 2 aromatic rings. The van der Waals surface area contributed by atoms with E-state index in [4.69, 9.17) is 9.47 Å². The first kappa shape index (κ1) is 25.5. The third-order valence-electron chi connectivity index (χ3n) is 6.11. The lowest BCUT2D eigenvalue weighted by Crippen LogP contribution is -2.33. The van der Waals surface area contributed by atoms with E-state index in [-0.39, 0.29) is 47.4 Å². The van der Waals surface area contributed by atoms with Crippen LogP contribution in [0.25, 0.3) is 0 Å². The summed E-state index contributed by atoms with van der Waals surface area (Å²) in [6.07, 6.45) is 0.493. The predicted molar refractivity (Wildman–Crippen MR) is 136 cm³/mol. The lowest BCUT2D eigenvalue weighted by molar-refractivity contribution is -0.137. The number of hydrogen-bond donors (Lipinski definition) is 2. The first-order chi connectivity index (χ1) is 18.0. The lowest BCUT2D eigenvalue weighted by atomic mass is 10.2. The number of hydrogen-bond acceptors (Lipinski definition) is 8. The van der Waals surface area contributed by atoms with Gasteiger partial charge in [-0.25, -0.2) is 9.59 Å². The van der Waals surface area contributed by atoms with E-state index in [1.807, 2.05) is 36.4 Å². The largest absolute Gasteiger partial charge is 0.466 e. The molecule has 2 amide bonds. The van der Waals surface area contributed by atoms with Gasteiger partial charge in [-0.1, -0.05) is 36.4 Å². The zero-order chi connectivity index (χ0) is 26.4. The number of anilines is 2. The molecule has 10 nitrogen and oxygen atoms in total. The van der Waals surface area contributed by atoms with Crippen LogP contribution >= 0.6 is 0 Å². The lowest BCUT2D eigenvalue weighted by Gasteiger charge is -2.17. The summed E-state index contributed by atoms with van der Waals surface area (Å²) < 4.78 is 9.75. The highest BCUT2D eigenvalue weighted by atomic mass is 16.5. The third-order valence-corrected chi connectivity index (χ3v) is 6.11. The average molecular weight is 505 g/mol. The van der Waals surface area contributed by atoms with Crippen LogP contribution in [0.3, 0.4) is 0 Å². The summed E-state index contributed by atoms with van der Waals surface area (Å²) in [5.41, 5.74) is 2.25. The van der Waals surface area contributed by atoms with Crippen molar-refractivity contribution in [3.8, 4) is 0 Å². The van der Waals surface area contributed by atoms with Crippen molar-refractivity contribution in [2.24, 2.45) is 0 Å². The maximum Gasteiger partial charge on any atom is 0.337 e. The van der Waals surface area contributed by atoms with Gasteiger partial charge in [-0.3, -0.25) is 9.59 Å². The van der Waals surface area contributed by atoms with E-state index in [2.05, 4.69) is 10.6 Å². The molecular weight excluding hydrogens is 476 g/mol. The van der Waals surface area contributed by atoms with E-state index in [1.54, 1.807) is 24.3 Å². The van der Waals surface area contributed by atoms with Crippen LogP contribution in [-0.4, -0.2) is 64.2 Å². The van der Waals surface area contributed by atoms with Gasteiger partial charge in [-0.2, -0.15) is 0 Å². The molecule has 2 aromatic carbocycles. The summed E-state index contributed by atoms with van der Waals surface area (Å²) in [5, 5.41) is 6.11. The molecule has 2 heterocycles. The molecule has 10 heteroatoms. The van der Waals surface area contributed by atoms with Crippen LogP contribution < -0.4 is 20.4 Å². The Morgan fingerprint density at radius 3 is 1.43 bits per heavy atom. The van der Waals surface area contributed by atoms with Crippen LogP contribution in [0.2, 0.25) is 0 Å². The number of nitrogens with zero attached hydrogens (tertiary/aromatic N) is 2. The molecular formula is C27H28N4O6. The quantitative estimate of drug-likeness (QED) is 0.369. The monoisotopic (exact) mass is 504 g/mol. The van der Waals surface area contributed by atoms with Crippen LogP contribution in [0.5, 0.6) is 0 Å². The number of ether oxygens (including phenoxy) is 2. The molecule has 0 unspecified atom stereocenters. The van der Waals surface area contributed by atoms with E-state index in [0.29, 0.717) is 30.9 Å². The average Bonchev–Trinajstić information content (AvgIpc) is 3.45. The Labute approximate surface area is 214 Å². The van der Waals surface area contributed by atoms with Gasteiger partial charge in [0.25, 0.3) is 11.8 Å². The van der Waals surface area contributed by atoms with Gasteiger partial charge in [0.15, 0.2) is 0 Å². The summed E-state index contributed by atoms with van der Waals surface area (Å²) in [5.74, 6) is -1.78. The fraction of sp³-hybridized carbons (Fsp3) is 0.259. The second kappa shape index (κ2) is 11.4. The van der Waals surface area contributed by atoms with Crippen molar-refractivity contribution < 1.29 is 28.7 Å². The van der Waals surface area contributed by atoms with Gasteiger partial charge in [0.1, 0.15) is 11.4 Å². The van der Waals surface area contributed by atoms with E-state index in [9.17, 15) is 19.2 Å². The highest BCUT2D eigenvalue weighted by Gasteiger charge is 2.36. The number of para-hydroxylation sites is 2. The van der Waals surface area contributed by atoms with Crippen LogP contribution in [0.1, 0.15) is 6.42 Å². The topological polar surface area (TPSA) is 117 Å². The van der Waals surface area contributed by atoms with E-state index < -0.39 is 11.9 Å². The Morgan fingerprint density at radius 1 is 0.703 bits per heavy atom. The summed E-state index contributed by atoms with van der Waals surface area (Å²) >= 11 is 0. The van der Waals surface area contributed by atoms with Gasteiger partial charge in [0.2, 0.25) is 0 Å². The summed E-state index contributed by atoms with van der Waals surface area (Å²) in [7, 11) is 2.55. The Hall–Kier alpha value is -4.60. The zero-order valence-electron chi connectivity index (χ0n) is 20.7. The fourth-order valence-corrected chi connectivity index (χ4v) is 4.24. The maximum absolute atomic E-state index is 13.0. The molecule has 0 saturated carbocycles. The minimum Gasteiger partial charge on any atom is -0.466 e. The van der Waals surface area contributed by atoms with Gasteiger partial charge in [-0.15, -0.1) is 0 Å². The van der Waals surface area contributed by atoms with Crippen molar-refractivity contribution >= 4 is 35.1 Å². The fourth-order valence-electron chi connectivity index (χ4n) is 4.24. The number of amides is 2. The van der Waals surface area contributed by atoms with Crippen molar-refractivity contribution in [1.82, 2.24) is 10.6 Å². The van der Waals surface area contributed by atoms with Crippen molar-refractivity contribution in [3.63, 3.8) is 0 Å². The minimum atomic E-state index is -0.571. The Kier molecular flexibility index (Phi) is 7.87. The van der Waals surface area contributed by atoms with Crippen LogP contribution in [-0.2, 0) is 28.7 Å². The number of rotatable bonds is 10. The molecule has 0 fully saturated rings. The van der Waals surface area contributed by atoms with Gasteiger partial charge >= 0.3 is 11.9 Å². The number of carbonyl (C=O) groups excluding carboxylic acids is 4. The number of carbonyl (C=O) groups is 4. The highest BCUT2D eigenvalue weighted by Crippen LogP contribution is 2.26. The van der Waals surface area contributed by atoms with Gasteiger partial charge in [0.05, 0.1) is 38.5 Å². The number of nitrogens with one attached hydrogen (secondary N) is 2. The SMILES string of the molecule is COC(=O)C1=C(NCCCNC2=C(C(=O)OC)CN(c3ccccc3)C2=O)C(=O)N(c2ccccc2)C1. The molecule has 0 bridgehead atoms. The van der Waals surface area contributed by atoms with Crippen LogP contribution in [0, 0.1) is 0 Å². The van der Waals surface area contributed by atoms with Crippen molar-refractivity contribution in [2.45, 2.75) is 6.42 Å². The molecule has 0 spiro atoms. The molecule has 0 saturated heterocycles. The van der Waals surface area contributed by atoms with E-state index in [0.717, 1.165) is 0 Å². The molecule has 0 aliphatic carbocycles. The molecule has 2 aliphatic heterocycles. The predicted octanol–water partition coefficient (Wildman–Crippen LogP) is 1.50. The van der Waals surface area contributed by atoms with E-state index in [1.165, 1.54) is 24.0 Å². The molecule has 2 N–H and O–H groups in total. The second-order valence-corrected chi connectivity index (χ2v) is 8.35. The second-order valence-electron chi connectivity index (χ2n) is 8.35. The molecule has 0 aromatic heterocycles. The molecule has 0 atom stereocenters. The summed E-state index contributed by atoms with van der Waals surface area (Å²) in [6, 6.07) is 18.1. The zero-order valence-corrected chi connectivity index (χ0v) is 20.7. The number of esters is 2. The molecule has 4 rings (SSSR count). The van der Waals surface area contributed by atoms with Crippen LogP contribution in [0.4, 0.5) is 11.4 Å². The van der Waals surface area contributed by atoms with Crippen molar-refractivity contribution in [3.05, 3.63) is 83.2 Å². The normalized spacial score (nSPS) is 15.4. The molecule has 2 aliphatic rings. The number of methoxy groups -OCH3 is 2. The maximum atomic E-state index is 13.0. The Bertz CT molecular complexity index is 1160. The summed E-state index contributed by atoms with van der Waals surface area (Å²) in [4.78, 5) is 53.8. The first-order valence-electron chi connectivity index (χ1n) is 11.8. The Balaban J connectivity index is 1.39. The van der Waals surface area contributed by atoms with Gasteiger partial charge in [-0.05, 0) is 30.7 Å². The molecule has 0 radical (unpaired) electrons. The standard InChI is InChI=1S/C27H28N4O6/c1-36-26(34)20-16-30(18-10-5-3-6-11-18)24(32)22(20)28-14-9-15-29-23-21(27(35)37-2)17-31(25(23)33)19-12-7-4-8-13-19/h3-8,10-13,28-29H,9,14-17H2,1-2H3. The van der Waals surface area contributed by atoms with Gasteiger partial charge in [0, 0.05) is 24.5 Å². The molecule has 192 valence electrons.